The summed E-state index contributed by atoms with van der Waals surface area (Å²) in [5.41, 5.74) is 0. The fourth-order valence-electron chi connectivity index (χ4n) is 3.34. The van der Waals surface area contributed by atoms with Crippen molar-refractivity contribution in [3.63, 3.8) is 0 Å². The number of halogens is 1. The van der Waals surface area contributed by atoms with Crippen LogP contribution in [-0.4, -0.2) is 0 Å². The summed E-state index contributed by atoms with van der Waals surface area (Å²) in [6, 6.07) is 11.7. The van der Waals surface area contributed by atoms with Gasteiger partial charge in [-0.2, -0.15) is 0 Å². The quantitative estimate of drug-likeness (QED) is 0.237. The van der Waals surface area contributed by atoms with Crippen LogP contribution in [0.15, 0.2) is 40.2 Å². The van der Waals surface area contributed by atoms with Gasteiger partial charge in [0.25, 0.3) is 0 Å². The van der Waals surface area contributed by atoms with E-state index in [1.165, 1.54) is 67.9 Å². The summed E-state index contributed by atoms with van der Waals surface area (Å²) in [7, 11) is 0. The van der Waals surface area contributed by atoms with Crippen LogP contribution in [0.3, 0.4) is 0 Å². The molecule has 0 nitrogen and oxygen atoms in total. The van der Waals surface area contributed by atoms with Crippen molar-refractivity contribution in [2.45, 2.75) is 32.6 Å². The number of benzene rings is 1. The summed E-state index contributed by atoms with van der Waals surface area (Å²) in [5, 5.41) is 4.93. The minimum Gasteiger partial charge on any atom is -0.144 e. The molecule has 0 unspecified atom stereocenters. The van der Waals surface area contributed by atoms with E-state index in [0.717, 1.165) is 6.42 Å². The highest BCUT2D eigenvalue weighted by Gasteiger charge is 2.15. The second-order valence-electron chi connectivity index (χ2n) is 6.59. The molecule has 0 atom stereocenters. The SMILES string of the molecule is CCCCc1cc2sc(Cc3cc4cc5sccc5cc4s3)c(Br)c2s1. The summed E-state index contributed by atoms with van der Waals surface area (Å²) in [5.74, 6) is 0. The highest BCUT2D eigenvalue weighted by molar-refractivity contribution is 9.10. The Kier molecular flexibility index (Phi) is 4.70. The second kappa shape index (κ2) is 7.02. The molecule has 1 aromatic carbocycles. The molecule has 0 aliphatic rings. The van der Waals surface area contributed by atoms with Crippen LogP contribution in [0.25, 0.3) is 29.6 Å². The van der Waals surface area contributed by atoms with E-state index in [1.807, 2.05) is 45.3 Å². The molecule has 4 heterocycles. The van der Waals surface area contributed by atoms with Gasteiger partial charge in [0.05, 0.1) is 4.70 Å². The Hall–Kier alpha value is -0.720. The van der Waals surface area contributed by atoms with Crippen LogP contribution < -0.4 is 0 Å². The summed E-state index contributed by atoms with van der Waals surface area (Å²) in [6.45, 7) is 2.26. The van der Waals surface area contributed by atoms with Crippen molar-refractivity contribution in [3.8, 4) is 0 Å². The third kappa shape index (κ3) is 3.08. The molecule has 5 heteroatoms. The van der Waals surface area contributed by atoms with Gasteiger partial charge in [-0.3, -0.25) is 0 Å². The zero-order chi connectivity index (χ0) is 17.7. The fourth-order valence-corrected chi connectivity index (χ4v) is 8.85. The largest absolute Gasteiger partial charge is 0.144 e. The highest BCUT2D eigenvalue weighted by atomic mass is 79.9. The van der Waals surface area contributed by atoms with Crippen molar-refractivity contribution < 1.29 is 0 Å². The maximum Gasteiger partial charge on any atom is 0.0598 e. The maximum absolute atomic E-state index is 3.89. The van der Waals surface area contributed by atoms with Crippen LogP contribution >= 0.6 is 61.3 Å². The van der Waals surface area contributed by atoms with Gasteiger partial charge in [-0.15, -0.1) is 45.3 Å². The van der Waals surface area contributed by atoms with Crippen molar-refractivity contribution in [3.05, 3.63) is 54.8 Å². The van der Waals surface area contributed by atoms with Crippen molar-refractivity contribution >= 4 is 90.8 Å². The van der Waals surface area contributed by atoms with Crippen molar-refractivity contribution in [2.24, 2.45) is 0 Å². The van der Waals surface area contributed by atoms with Crippen LogP contribution in [-0.2, 0) is 12.8 Å². The monoisotopic (exact) mass is 476 g/mol. The lowest BCUT2D eigenvalue weighted by atomic mass is 10.2. The van der Waals surface area contributed by atoms with Gasteiger partial charge in [-0.05, 0) is 75.3 Å². The van der Waals surface area contributed by atoms with E-state index in [2.05, 4.69) is 58.6 Å². The lowest BCUT2D eigenvalue weighted by Gasteiger charge is -1.96. The first-order valence-corrected chi connectivity index (χ1v) is 12.9. The van der Waals surface area contributed by atoms with Crippen molar-refractivity contribution in [1.29, 1.82) is 0 Å². The Morgan fingerprint density at radius 3 is 2.62 bits per heavy atom. The van der Waals surface area contributed by atoms with Gasteiger partial charge in [-0.25, -0.2) is 0 Å². The van der Waals surface area contributed by atoms with E-state index in [0.29, 0.717) is 0 Å². The van der Waals surface area contributed by atoms with Crippen LogP contribution in [0.1, 0.15) is 34.4 Å². The molecule has 132 valence electrons. The van der Waals surface area contributed by atoms with E-state index in [4.69, 9.17) is 0 Å². The van der Waals surface area contributed by atoms with Crippen LogP contribution in [0.2, 0.25) is 0 Å². The number of hydrogen-bond donors (Lipinski definition) is 0. The Labute approximate surface area is 177 Å². The van der Waals surface area contributed by atoms with E-state index in [-0.39, 0.29) is 0 Å². The van der Waals surface area contributed by atoms with Crippen LogP contribution in [0.5, 0.6) is 0 Å². The lowest BCUT2D eigenvalue weighted by Crippen LogP contribution is -1.80. The number of fused-ring (bicyclic) bond motifs is 3. The third-order valence-electron chi connectivity index (χ3n) is 4.68. The minimum absolute atomic E-state index is 1.03. The molecular weight excluding hydrogens is 460 g/mol. The summed E-state index contributed by atoms with van der Waals surface area (Å²) >= 11 is 11.6. The van der Waals surface area contributed by atoms with Crippen LogP contribution in [0, 0.1) is 0 Å². The Balaban J connectivity index is 1.47. The molecule has 0 spiro atoms. The van der Waals surface area contributed by atoms with E-state index < -0.39 is 0 Å². The molecule has 5 aromatic rings. The Morgan fingerprint density at radius 1 is 0.885 bits per heavy atom. The minimum atomic E-state index is 1.03. The summed E-state index contributed by atoms with van der Waals surface area (Å²) in [4.78, 5) is 4.45. The van der Waals surface area contributed by atoms with Gasteiger partial charge in [0.15, 0.2) is 0 Å². The first kappa shape index (κ1) is 17.4. The van der Waals surface area contributed by atoms with Gasteiger partial charge in [-0.1, -0.05) is 13.3 Å². The molecule has 0 aliphatic heterocycles. The molecule has 26 heavy (non-hydrogen) atoms. The second-order valence-corrected chi connectivity index (χ2v) is 11.8. The molecule has 4 aromatic heterocycles. The normalized spacial score (nSPS) is 12.1. The predicted molar refractivity (Wildman–Crippen MR) is 126 cm³/mol. The number of hydrogen-bond acceptors (Lipinski definition) is 4. The average molecular weight is 478 g/mol. The lowest BCUT2D eigenvalue weighted by molar-refractivity contribution is 0.804. The molecule has 0 bridgehead atoms. The molecule has 0 amide bonds. The average Bonchev–Trinajstić information content (AvgIpc) is 3.37. The molecule has 0 saturated heterocycles. The summed E-state index contributed by atoms with van der Waals surface area (Å²) < 4.78 is 7.01. The molecule has 0 radical (unpaired) electrons. The van der Waals surface area contributed by atoms with Gasteiger partial charge < -0.3 is 0 Å². The topological polar surface area (TPSA) is 0 Å². The molecule has 0 fully saturated rings. The first-order chi connectivity index (χ1) is 12.7. The predicted octanol–water partition coefficient (Wildman–Crippen LogP) is 9.09. The van der Waals surface area contributed by atoms with E-state index in [1.54, 1.807) is 0 Å². The molecule has 0 aliphatic carbocycles. The van der Waals surface area contributed by atoms with E-state index in [9.17, 15) is 0 Å². The number of aryl methyl sites for hydroxylation is 1. The Bertz CT molecular complexity index is 1170. The third-order valence-corrected chi connectivity index (χ3v) is 10.5. The van der Waals surface area contributed by atoms with Gasteiger partial charge in [0.2, 0.25) is 0 Å². The smallest absolute Gasteiger partial charge is 0.0598 e. The molecular formula is C21H17BrS4. The number of unbranched alkanes of at least 4 members (excludes halogenated alkanes) is 1. The van der Waals surface area contributed by atoms with Gasteiger partial charge in [0, 0.05) is 39.6 Å². The number of rotatable bonds is 5. The Morgan fingerprint density at radius 2 is 1.77 bits per heavy atom. The highest BCUT2D eigenvalue weighted by Crippen LogP contribution is 2.43. The first-order valence-electron chi connectivity index (χ1n) is 8.80. The summed E-state index contributed by atoms with van der Waals surface area (Å²) in [6.07, 6.45) is 4.81. The number of thiophene rings is 4. The standard InChI is InChI=1S/C21H17BrS4/c1-2-3-4-14-10-19-21(25-14)20(22)18(26-19)11-15-7-13-9-16-12(5-6-23-16)8-17(13)24-15/h5-10H,2-4,11H2,1H3. The van der Waals surface area contributed by atoms with Crippen molar-refractivity contribution in [1.82, 2.24) is 0 Å². The molecule has 0 saturated carbocycles. The van der Waals surface area contributed by atoms with E-state index >= 15 is 0 Å². The molecule has 5 rings (SSSR count). The van der Waals surface area contributed by atoms with Crippen LogP contribution in [0.4, 0.5) is 0 Å². The fraction of sp³-hybridized carbons (Fsp3) is 0.238. The zero-order valence-corrected chi connectivity index (χ0v) is 19.2. The van der Waals surface area contributed by atoms with Gasteiger partial charge >= 0.3 is 0 Å². The van der Waals surface area contributed by atoms with Crippen molar-refractivity contribution in [2.75, 3.05) is 0 Å². The maximum atomic E-state index is 3.89. The zero-order valence-electron chi connectivity index (χ0n) is 14.3. The molecule has 0 N–H and O–H groups in total. The van der Waals surface area contributed by atoms with Gasteiger partial charge in [0.1, 0.15) is 0 Å².